The molecule has 1 saturated heterocycles. The third kappa shape index (κ3) is 2.73. The minimum atomic E-state index is -0.348. The second kappa shape index (κ2) is 5.13. The summed E-state index contributed by atoms with van der Waals surface area (Å²) in [4.78, 5) is 2.38. The van der Waals surface area contributed by atoms with Gasteiger partial charge in [0.05, 0.1) is 5.02 Å². The molecule has 1 heterocycles. The topological polar surface area (TPSA) is 15.3 Å². The van der Waals surface area contributed by atoms with Crippen molar-refractivity contribution in [3.05, 3.63) is 34.6 Å². The van der Waals surface area contributed by atoms with Crippen molar-refractivity contribution < 1.29 is 4.39 Å². The van der Waals surface area contributed by atoms with Gasteiger partial charge in [-0.25, -0.2) is 4.39 Å². The average molecular weight is 243 g/mol. The van der Waals surface area contributed by atoms with Crippen molar-refractivity contribution in [3.63, 3.8) is 0 Å². The quantitative estimate of drug-likeness (QED) is 0.856. The highest BCUT2D eigenvalue weighted by atomic mass is 35.5. The Balaban J connectivity index is 2.05. The van der Waals surface area contributed by atoms with E-state index >= 15 is 0 Å². The van der Waals surface area contributed by atoms with Gasteiger partial charge in [0.1, 0.15) is 5.82 Å². The zero-order valence-corrected chi connectivity index (χ0v) is 10.1. The van der Waals surface area contributed by atoms with E-state index in [1.165, 1.54) is 6.07 Å². The molecule has 1 aliphatic rings. The van der Waals surface area contributed by atoms with Crippen LogP contribution in [-0.2, 0) is 6.54 Å². The van der Waals surface area contributed by atoms with Gasteiger partial charge in [0.15, 0.2) is 0 Å². The standard InChI is InChI=1S/C12H16ClFN2/c1-9-7-15-4-5-16(9)8-10-2-3-12(14)11(13)6-10/h2-3,6,9,15H,4-5,7-8H2,1H3. The lowest BCUT2D eigenvalue weighted by atomic mass is 10.1. The number of hydrogen-bond donors (Lipinski definition) is 1. The molecule has 0 saturated carbocycles. The van der Waals surface area contributed by atoms with Crippen molar-refractivity contribution in [3.8, 4) is 0 Å². The second-order valence-electron chi connectivity index (χ2n) is 4.27. The summed E-state index contributed by atoms with van der Waals surface area (Å²) in [5, 5.41) is 3.55. The smallest absolute Gasteiger partial charge is 0.141 e. The first-order valence-electron chi connectivity index (χ1n) is 5.55. The van der Waals surface area contributed by atoms with Crippen molar-refractivity contribution in [1.29, 1.82) is 0 Å². The zero-order chi connectivity index (χ0) is 11.5. The molecule has 1 aliphatic heterocycles. The second-order valence-corrected chi connectivity index (χ2v) is 4.68. The van der Waals surface area contributed by atoms with Gasteiger partial charge in [-0.15, -0.1) is 0 Å². The molecule has 0 bridgehead atoms. The highest BCUT2D eigenvalue weighted by Gasteiger charge is 2.17. The van der Waals surface area contributed by atoms with E-state index in [9.17, 15) is 4.39 Å². The lowest BCUT2D eigenvalue weighted by Crippen LogP contribution is -2.49. The van der Waals surface area contributed by atoms with Crippen LogP contribution in [-0.4, -0.2) is 30.6 Å². The molecule has 0 aromatic heterocycles. The maximum Gasteiger partial charge on any atom is 0.141 e. The van der Waals surface area contributed by atoms with E-state index in [1.807, 2.05) is 0 Å². The molecule has 16 heavy (non-hydrogen) atoms. The van der Waals surface area contributed by atoms with Crippen LogP contribution in [0.3, 0.4) is 0 Å². The number of nitrogens with one attached hydrogen (secondary N) is 1. The average Bonchev–Trinajstić information content (AvgIpc) is 2.27. The Labute approximate surface area is 100 Å². The van der Waals surface area contributed by atoms with Crippen LogP contribution < -0.4 is 5.32 Å². The van der Waals surface area contributed by atoms with Gasteiger partial charge < -0.3 is 5.32 Å². The summed E-state index contributed by atoms with van der Waals surface area (Å²) in [6, 6.07) is 5.46. The monoisotopic (exact) mass is 242 g/mol. The third-order valence-corrected chi connectivity index (χ3v) is 3.30. The molecule has 2 rings (SSSR count). The first-order valence-corrected chi connectivity index (χ1v) is 5.93. The van der Waals surface area contributed by atoms with Crippen LogP contribution in [0.2, 0.25) is 5.02 Å². The van der Waals surface area contributed by atoms with Crippen molar-refractivity contribution in [2.75, 3.05) is 19.6 Å². The maximum atomic E-state index is 13.0. The molecule has 1 atom stereocenters. The van der Waals surface area contributed by atoms with Gasteiger partial charge in [0, 0.05) is 32.2 Å². The minimum Gasteiger partial charge on any atom is -0.314 e. The molecule has 88 valence electrons. The molecule has 1 fully saturated rings. The van der Waals surface area contributed by atoms with Gasteiger partial charge in [-0.3, -0.25) is 4.90 Å². The van der Waals surface area contributed by atoms with Gasteiger partial charge in [0.2, 0.25) is 0 Å². The maximum absolute atomic E-state index is 13.0. The SMILES string of the molecule is CC1CNCCN1Cc1ccc(F)c(Cl)c1. The van der Waals surface area contributed by atoms with Crippen LogP contribution in [0.1, 0.15) is 12.5 Å². The molecule has 1 unspecified atom stereocenters. The largest absolute Gasteiger partial charge is 0.314 e. The Bertz CT molecular complexity index is 370. The van der Waals surface area contributed by atoms with Crippen molar-refractivity contribution in [2.45, 2.75) is 19.5 Å². The highest BCUT2D eigenvalue weighted by Crippen LogP contribution is 2.18. The van der Waals surface area contributed by atoms with E-state index in [0.717, 1.165) is 31.7 Å². The number of benzene rings is 1. The fourth-order valence-electron chi connectivity index (χ4n) is 1.99. The number of hydrogen-bond acceptors (Lipinski definition) is 2. The van der Waals surface area contributed by atoms with E-state index in [0.29, 0.717) is 6.04 Å². The molecule has 0 radical (unpaired) electrons. The van der Waals surface area contributed by atoms with Crippen molar-refractivity contribution in [1.82, 2.24) is 10.2 Å². The summed E-state index contributed by atoms with van der Waals surface area (Å²) in [7, 11) is 0. The molecule has 1 N–H and O–H groups in total. The Kier molecular flexibility index (Phi) is 3.79. The molecular weight excluding hydrogens is 227 g/mol. The van der Waals surface area contributed by atoms with Gasteiger partial charge in [0.25, 0.3) is 0 Å². The lowest BCUT2D eigenvalue weighted by molar-refractivity contribution is 0.165. The normalized spacial score (nSPS) is 22.3. The number of nitrogens with zero attached hydrogens (tertiary/aromatic N) is 1. The molecule has 0 spiro atoms. The van der Waals surface area contributed by atoms with Gasteiger partial charge in [-0.1, -0.05) is 17.7 Å². The fourth-order valence-corrected chi connectivity index (χ4v) is 2.19. The predicted octanol–water partition coefficient (Wildman–Crippen LogP) is 2.27. The highest BCUT2D eigenvalue weighted by molar-refractivity contribution is 6.30. The fraction of sp³-hybridized carbons (Fsp3) is 0.500. The molecule has 0 amide bonds. The Morgan fingerprint density at radius 3 is 3.06 bits per heavy atom. The van der Waals surface area contributed by atoms with Crippen LogP contribution in [0.4, 0.5) is 4.39 Å². The Hall–Kier alpha value is -0.640. The van der Waals surface area contributed by atoms with E-state index in [-0.39, 0.29) is 10.8 Å². The number of rotatable bonds is 2. The van der Waals surface area contributed by atoms with E-state index in [4.69, 9.17) is 11.6 Å². The number of piperazine rings is 1. The van der Waals surface area contributed by atoms with Gasteiger partial charge in [-0.2, -0.15) is 0 Å². The summed E-state index contributed by atoms with van der Waals surface area (Å²) in [5.41, 5.74) is 1.07. The minimum absolute atomic E-state index is 0.209. The van der Waals surface area contributed by atoms with Crippen LogP contribution in [0.15, 0.2) is 18.2 Å². The first-order chi connectivity index (χ1) is 7.66. The number of halogens is 2. The van der Waals surface area contributed by atoms with E-state index in [1.54, 1.807) is 12.1 Å². The zero-order valence-electron chi connectivity index (χ0n) is 9.34. The summed E-state index contributed by atoms with van der Waals surface area (Å²) in [6.45, 7) is 6.07. The summed E-state index contributed by atoms with van der Waals surface area (Å²) in [5.74, 6) is -0.348. The van der Waals surface area contributed by atoms with Gasteiger partial charge >= 0.3 is 0 Å². The molecule has 4 heteroatoms. The molecule has 1 aromatic carbocycles. The molecule has 0 aliphatic carbocycles. The lowest BCUT2D eigenvalue weighted by Gasteiger charge is -2.33. The predicted molar refractivity (Wildman–Crippen MR) is 64.2 cm³/mol. The van der Waals surface area contributed by atoms with Crippen LogP contribution in [0.25, 0.3) is 0 Å². The van der Waals surface area contributed by atoms with Crippen LogP contribution >= 0.6 is 11.6 Å². The molecular formula is C12H16ClFN2. The Morgan fingerprint density at radius 2 is 2.38 bits per heavy atom. The van der Waals surface area contributed by atoms with Crippen molar-refractivity contribution in [2.24, 2.45) is 0 Å². The van der Waals surface area contributed by atoms with E-state index < -0.39 is 0 Å². The van der Waals surface area contributed by atoms with Crippen molar-refractivity contribution >= 4 is 11.6 Å². The molecule has 2 nitrogen and oxygen atoms in total. The van der Waals surface area contributed by atoms with Crippen LogP contribution in [0.5, 0.6) is 0 Å². The van der Waals surface area contributed by atoms with Crippen LogP contribution in [0, 0.1) is 5.82 Å². The molecule has 1 aromatic rings. The van der Waals surface area contributed by atoms with Gasteiger partial charge in [-0.05, 0) is 24.6 Å². The Morgan fingerprint density at radius 1 is 1.56 bits per heavy atom. The summed E-state index contributed by atoms with van der Waals surface area (Å²) in [6.07, 6.45) is 0. The summed E-state index contributed by atoms with van der Waals surface area (Å²) < 4.78 is 13.0. The third-order valence-electron chi connectivity index (χ3n) is 3.01. The van der Waals surface area contributed by atoms with E-state index in [2.05, 4.69) is 17.1 Å². The first kappa shape index (κ1) is 11.8. The summed E-state index contributed by atoms with van der Waals surface area (Å²) >= 11 is 5.76.